The topological polar surface area (TPSA) is 0 Å². The molecule has 0 radical (unpaired) electrons. The van der Waals surface area contributed by atoms with Crippen LogP contribution >= 0.6 is 45.2 Å². The predicted octanol–water partition coefficient (Wildman–Crippen LogP) is 5.07. The molecule has 1 fully saturated rings. The van der Waals surface area contributed by atoms with Gasteiger partial charge in [0.05, 0.1) is 0 Å². The molecule has 0 aromatic heterocycles. The average Bonchev–Trinajstić information content (AvgIpc) is 2.77. The molecule has 15 heavy (non-hydrogen) atoms. The maximum Gasteiger partial charge on any atom is 0.0197 e. The second kappa shape index (κ2) is 5.66. The minimum absolute atomic E-state index is 0.831. The number of alkyl halides is 1. The molecular formula is C13H14I2. The van der Waals surface area contributed by atoms with Crippen molar-refractivity contribution in [2.24, 2.45) is 5.92 Å². The fraction of sp³-hybridized carbons (Fsp3) is 0.385. The van der Waals surface area contributed by atoms with Gasteiger partial charge in [0.15, 0.2) is 0 Å². The van der Waals surface area contributed by atoms with Crippen molar-refractivity contribution in [1.29, 1.82) is 0 Å². The molecule has 0 bridgehead atoms. The molecule has 1 aliphatic carbocycles. The normalized spacial score (nSPS) is 24.3. The number of allylic oxidation sites excluding steroid dienone is 1. The highest BCUT2D eigenvalue weighted by molar-refractivity contribution is 14.1. The summed E-state index contributed by atoms with van der Waals surface area (Å²) in [6.45, 7) is 0. The Hall–Kier alpha value is 0.420. The van der Waals surface area contributed by atoms with Gasteiger partial charge in [0.1, 0.15) is 0 Å². The van der Waals surface area contributed by atoms with Crippen molar-refractivity contribution >= 4 is 48.8 Å². The van der Waals surface area contributed by atoms with Gasteiger partial charge < -0.3 is 0 Å². The van der Waals surface area contributed by atoms with Crippen molar-refractivity contribution in [3.63, 3.8) is 0 Å². The maximum absolute atomic E-state index is 2.52. The molecule has 2 heteroatoms. The lowest BCUT2D eigenvalue weighted by molar-refractivity contribution is 0.718. The summed E-state index contributed by atoms with van der Waals surface area (Å²) in [5.74, 6) is 0.831. The highest BCUT2D eigenvalue weighted by Crippen LogP contribution is 2.40. The molecule has 0 aliphatic heterocycles. The Kier molecular flexibility index (Phi) is 4.49. The molecule has 80 valence electrons. The third kappa shape index (κ3) is 2.75. The van der Waals surface area contributed by atoms with Crippen molar-refractivity contribution in [2.45, 2.75) is 19.3 Å². The van der Waals surface area contributed by atoms with Gasteiger partial charge in [0, 0.05) is 8.01 Å². The van der Waals surface area contributed by atoms with Crippen LogP contribution in [0.1, 0.15) is 24.8 Å². The third-order valence-electron chi connectivity index (χ3n) is 2.99. The summed E-state index contributed by atoms with van der Waals surface area (Å²) in [7, 11) is 0. The second-order valence-corrected chi connectivity index (χ2v) is 5.91. The molecule has 2 rings (SSSR count). The zero-order valence-electron chi connectivity index (χ0n) is 8.55. The summed E-state index contributed by atoms with van der Waals surface area (Å²) < 4.78 is 2.76. The van der Waals surface area contributed by atoms with E-state index in [1.54, 1.807) is 5.57 Å². The first-order valence-corrected chi connectivity index (χ1v) is 7.93. The smallest absolute Gasteiger partial charge is 0.0197 e. The van der Waals surface area contributed by atoms with E-state index in [9.17, 15) is 0 Å². The minimum Gasteiger partial charge on any atom is -0.0857 e. The molecule has 1 aromatic carbocycles. The standard InChI is InChI=1S/C13H14I2/c14-9-11-7-4-8-12(11)13(15)10-5-2-1-3-6-10/h1-3,5-6,11H,4,7-9H2/b13-12-. The monoisotopic (exact) mass is 424 g/mol. The first-order valence-electron chi connectivity index (χ1n) is 5.33. The number of benzene rings is 1. The third-order valence-corrected chi connectivity index (χ3v) is 5.37. The Balaban J connectivity index is 2.32. The molecule has 0 spiro atoms. The van der Waals surface area contributed by atoms with Crippen LogP contribution in [0.2, 0.25) is 0 Å². The number of rotatable bonds is 2. The van der Waals surface area contributed by atoms with E-state index in [0.29, 0.717) is 0 Å². The zero-order chi connectivity index (χ0) is 10.7. The van der Waals surface area contributed by atoms with Crippen molar-refractivity contribution in [3.8, 4) is 0 Å². The van der Waals surface area contributed by atoms with Crippen LogP contribution in [0.5, 0.6) is 0 Å². The lowest BCUT2D eigenvalue weighted by Crippen LogP contribution is -1.98. The molecule has 0 saturated heterocycles. The molecular weight excluding hydrogens is 410 g/mol. The Bertz CT molecular complexity index is 354. The van der Waals surface area contributed by atoms with E-state index >= 15 is 0 Å². The van der Waals surface area contributed by atoms with Gasteiger partial charge in [-0.15, -0.1) is 0 Å². The largest absolute Gasteiger partial charge is 0.0857 e. The first kappa shape index (κ1) is 11.9. The number of hydrogen-bond donors (Lipinski definition) is 0. The van der Waals surface area contributed by atoms with E-state index in [0.717, 1.165) is 5.92 Å². The lowest BCUT2D eigenvalue weighted by atomic mass is 10.0. The van der Waals surface area contributed by atoms with Gasteiger partial charge in [0.25, 0.3) is 0 Å². The summed E-state index contributed by atoms with van der Waals surface area (Å²) in [4.78, 5) is 0. The molecule has 0 amide bonds. The van der Waals surface area contributed by atoms with E-state index < -0.39 is 0 Å². The molecule has 0 heterocycles. The van der Waals surface area contributed by atoms with E-state index in [-0.39, 0.29) is 0 Å². The summed E-state index contributed by atoms with van der Waals surface area (Å²) in [6.07, 6.45) is 4.07. The molecule has 0 nitrogen and oxygen atoms in total. The van der Waals surface area contributed by atoms with Gasteiger partial charge >= 0.3 is 0 Å². The highest BCUT2D eigenvalue weighted by Gasteiger charge is 2.22. The first-order chi connectivity index (χ1) is 7.33. The van der Waals surface area contributed by atoms with E-state index in [1.165, 1.54) is 32.8 Å². The Labute approximate surface area is 119 Å². The van der Waals surface area contributed by atoms with Crippen LogP contribution in [0.15, 0.2) is 35.9 Å². The SMILES string of the molecule is ICC1CCC/C1=C(/I)c1ccccc1. The molecule has 0 N–H and O–H groups in total. The van der Waals surface area contributed by atoms with Crippen molar-refractivity contribution < 1.29 is 0 Å². The minimum atomic E-state index is 0.831. The van der Waals surface area contributed by atoms with Gasteiger partial charge in [-0.3, -0.25) is 0 Å². The fourth-order valence-corrected chi connectivity index (χ4v) is 4.19. The van der Waals surface area contributed by atoms with Crippen LogP contribution in [-0.4, -0.2) is 4.43 Å². The summed E-state index contributed by atoms with van der Waals surface area (Å²) in [5, 5.41) is 0. The van der Waals surface area contributed by atoms with Gasteiger partial charge in [0.2, 0.25) is 0 Å². The molecule has 1 unspecified atom stereocenters. The van der Waals surface area contributed by atoms with Crippen molar-refractivity contribution in [3.05, 3.63) is 41.5 Å². The van der Waals surface area contributed by atoms with Crippen LogP contribution in [0.4, 0.5) is 0 Å². The quantitative estimate of drug-likeness (QED) is 0.460. The van der Waals surface area contributed by atoms with Crippen LogP contribution in [0.3, 0.4) is 0 Å². The zero-order valence-corrected chi connectivity index (χ0v) is 12.9. The predicted molar refractivity (Wildman–Crippen MR) is 83.6 cm³/mol. The van der Waals surface area contributed by atoms with Gasteiger partial charge in [-0.05, 0) is 53.3 Å². The summed E-state index contributed by atoms with van der Waals surface area (Å²) >= 11 is 5.04. The highest BCUT2D eigenvalue weighted by atomic mass is 127. The van der Waals surface area contributed by atoms with Crippen molar-refractivity contribution in [1.82, 2.24) is 0 Å². The van der Waals surface area contributed by atoms with Crippen LogP contribution in [-0.2, 0) is 0 Å². The van der Waals surface area contributed by atoms with Gasteiger partial charge in [-0.2, -0.15) is 0 Å². The van der Waals surface area contributed by atoms with E-state index in [2.05, 4.69) is 75.5 Å². The van der Waals surface area contributed by atoms with E-state index in [1.807, 2.05) is 0 Å². The Morgan fingerprint density at radius 1 is 1.27 bits per heavy atom. The van der Waals surface area contributed by atoms with Gasteiger partial charge in [-0.25, -0.2) is 0 Å². The summed E-state index contributed by atoms with van der Waals surface area (Å²) in [5.41, 5.74) is 3.08. The summed E-state index contributed by atoms with van der Waals surface area (Å²) in [6, 6.07) is 10.8. The average molecular weight is 424 g/mol. The Morgan fingerprint density at radius 2 is 2.00 bits per heavy atom. The maximum atomic E-state index is 2.52. The second-order valence-electron chi connectivity index (χ2n) is 3.95. The molecule has 1 saturated carbocycles. The number of halogens is 2. The molecule has 1 aromatic rings. The van der Waals surface area contributed by atoms with Crippen molar-refractivity contribution in [2.75, 3.05) is 4.43 Å². The number of hydrogen-bond acceptors (Lipinski definition) is 0. The van der Waals surface area contributed by atoms with Crippen LogP contribution in [0, 0.1) is 5.92 Å². The molecule has 1 atom stereocenters. The van der Waals surface area contributed by atoms with Crippen LogP contribution < -0.4 is 0 Å². The van der Waals surface area contributed by atoms with Crippen LogP contribution in [0.25, 0.3) is 3.58 Å². The Morgan fingerprint density at radius 3 is 2.67 bits per heavy atom. The lowest BCUT2D eigenvalue weighted by Gasteiger charge is -2.11. The van der Waals surface area contributed by atoms with E-state index in [4.69, 9.17) is 0 Å². The fourth-order valence-electron chi connectivity index (χ4n) is 2.15. The van der Waals surface area contributed by atoms with Gasteiger partial charge in [-0.1, -0.05) is 58.5 Å². The molecule has 1 aliphatic rings.